The Labute approximate surface area is 126 Å². The predicted molar refractivity (Wildman–Crippen MR) is 81.4 cm³/mol. The monoisotopic (exact) mass is 320 g/mol. The van der Waals surface area contributed by atoms with Crippen LogP contribution in [0.4, 0.5) is 0 Å². The van der Waals surface area contributed by atoms with Crippen LogP contribution in [-0.4, -0.2) is 27.4 Å². The van der Waals surface area contributed by atoms with Gasteiger partial charge >= 0.3 is 0 Å². The van der Waals surface area contributed by atoms with Crippen LogP contribution >= 0.6 is 12.4 Å². The number of rotatable bonds is 7. The fourth-order valence-corrected chi connectivity index (χ4v) is 2.90. The lowest BCUT2D eigenvalue weighted by molar-refractivity contribution is 0.163. The Hall–Kier alpha value is -0.660. The first-order valence-electron chi connectivity index (χ1n) is 6.47. The molecule has 0 radical (unpaired) electrons. The number of nitrogens with one attached hydrogen (secondary N) is 2. The maximum absolute atomic E-state index is 11.7. The number of benzene rings is 1. The smallest absolute Gasteiger partial charge is 0.214 e. The molecule has 2 rings (SSSR count). The lowest BCUT2D eigenvalue weighted by atomic mass is 10.1. The Morgan fingerprint density at radius 3 is 2.80 bits per heavy atom. The Kier molecular flexibility index (Phi) is 6.91. The molecule has 114 valence electrons. The second-order valence-electron chi connectivity index (χ2n) is 4.54. The second kappa shape index (κ2) is 7.95. The highest BCUT2D eigenvalue weighted by atomic mass is 35.5. The molecular weight excluding hydrogens is 300 g/mol. The highest BCUT2D eigenvalue weighted by Gasteiger charge is 2.12. The fraction of sp³-hybridized carbons (Fsp3) is 0.538. The van der Waals surface area contributed by atoms with Gasteiger partial charge in [0.2, 0.25) is 10.0 Å². The molecule has 1 aliphatic heterocycles. The number of sulfonamides is 1. The van der Waals surface area contributed by atoms with Gasteiger partial charge in [-0.25, -0.2) is 13.1 Å². The first kappa shape index (κ1) is 17.4. The molecule has 20 heavy (non-hydrogen) atoms. The minimum absolute atomic E-state index is 0. The zero-order valence-electron chi connectivity index (χ0n) is 11.5. The topological polar surface area (TPSA) is 67.4 Å². The van der Waals surface area contributed by atoms with Crippen molar-refractivity contribution in [3.8, 4) is 0 Å². The number of hydrogen-bond donors (Lipinski definition) is 2. The van der Waals surface area contributed by atoms with Gasteiger partial charge in [-0.05, 0) is 23.6 Å². The van der Waals surface area contributed by atoms with E-state index in [9.17, 15) is 8.42 Å². The van der Waals surface area contributed by atoms with E-state index in [1.165, 1.54) is 11.1 Å². The van der Waals surface area contributed by atoms with Gasteiger partial charge in [-0.1, -0.05) is 18.2 Å². The molecule has 1 aliphatic rings. The number of halogens is 1. The van der Waals surface area contributed by atoms with Crippen molar-refractivity contribution in [3.63, 3.8) is 0 Å². The van der Waals surface area contributed by atoms with Gasteiger partial charge in [0.05, 0.1) is 12.4 Å². The summed E-state index contributed by atoms with van der Waals surface area (Å²) >= 11 is 0. The van der Waals surface area contributed by atoms with Crippen molar-refractivity contribution >= 4 is 22.4 Å². The van der Waals surface area contributed by atoms with E-state index in [2.05, 4.69) is 22.2 Å². The SMILES string of the molecule is CCOCCS(=O)(=O)NCc1ccc2c(c1)CNC2.Cl. The number of hydrogen-bond acceptors (Lipinski definition) is 4. The summed E-state index contributed by atoms with van der Waals surface area (Å²) in [6, 6.07) is 6.08. The maximum Gasteiger partial charge on any atom is 0.214 e. The van der Waals surface area contributed by atoms with Gasteiger partial charge < -0.3 is 10.1 Å². The van der Waals surface area contributed by atoms with Crippen molar-refractivity contribution < 1.29 is 13.2 Å². The van der Waals surface area contributed by atoms with Crippen LogP contribution in [0.15, 0.2) is 18.2 Å². The summed E-state index contributed by atoms with van der Waals surface area (Å²) in [6.07, 6.45) is 0. The zero-order chi connectivity index (χ0) is 13.7. The Bertz CT molecular complexity index is 534. The van der Waals surface area contributed by atoms with Crippen molar-refractivity contribution in [2.45, 2.75) is 26.6 Å². The molecule has 2 N–H and O–H groups in total. The molecule has 0 atom stereocenters. The molecule has 0 unspecified atom stereocenters. The third-order valence-electron chi connectivity index (χ3n) is 3.10. The van der Waals surface area contributed by atoms with Crippen LogP contribution in [0.5, 0.6) is 0 Å². The Morgan fingerprint density at radius 2 is 2.05 bits per heavy atom. The number of fused-ring (bicyclic) bond motifs is 1. The van der Waals surface area contributed by atoms with Gasteiger partial charge in [0.1, 0.15) is 0 Å². The molecule has 0 aliphatic carbocycles. The minimum Gasteiger partial charge on any atom is -0.381 e. The summed E-state index contributed by atoms with van der Waals surface area (Å²) in [5.41, 5.74) is 3.54. The second-order valence-corrected chi connectivity index (χ2v) is 6.47. The van der Waals surface area contributed by atoms with E-state index in [-0.39, 0.29) is 24.8 Å². The van der Waals surface area contributed by atoms with Gasteiger partial charge in [0.25, 0.3) is 0 Å². The minimum atomic E-state index is -3.26. The van der Waals surface area contributed by atoms with Gasteiger partial charge in [0, 0.05) is 26.2 Å². The van der Waals surface area contributed by atoms with Crippen LogP contribution < -0.4 is 10.0 Å². The Balaban J connectivity index is 0.00000200. The quantitative estimate of drug-likeness (QED) is 0.740. The van der Waals surface area contributed by atoms with Crippen LogP contribution in [0, 0.1) is 0 Å². The zero-order valence-corrected chi connectivity index (χ0v) is 13.1. The van der Waals surface area contributed by atoms with Crippen molar-refractivity contribution in [1.29, 1.82) is 0 Å². The molecule has 5 nitrogen and oxygen atoms in total. The van der Waals surface area contributed by atoms with Crippen molar-refractivity contribution in [2.75, 3.05) is 19.0 Å². The van der Waals surface area contributed by atoms with E-state index in [4.69, 9.17) is 4.74 Å². The molecule has 7 heteroatoms. The molecule has 0 fully saturated rings. The van der Waals surface area contributed by atoms with Gasteiger partial charge in [-0.2, -0.15) is 0 Å². The summed E-state index contributed by atoms with van der Waals surface area (Å²) in [6.45, 7) is 4.71. The average Bonchev–Trinajstić information content (AvgIpc) is 2.84. The molecule has 1 aromatic rings. The molecule has 0 saturated heterocycles. The average molecular weight is 321 g/mol. The Morgan fingerprint density at radius 1 is 1.30 bits per heavy atom. The van der Waals surface area contributed by atoms with Crippen molar-refractivity contribution in [2.24, 2.45) is 0 Å². The summed E-state index contributed by atoms with van der Waals surface area (Å²) in [7, 11) is -3.26. The van der Waals surface area contributed by atoms with E-state index < -0.39 is 10.0 Å². The first-order chi connectivity index (χ1) is 9.11. The van der Waals surface area contributed by atoms with Crippen molar-refractivity contribution in [1.82, 2.24) is 10.0 Å². The van der Waals surface area contributed by atoms with E-state index in [1.54, 1.807) is 0 Å². The lowest BCUT2D eigenvalue weighted by Gasteiger charge is -2.08. The third-order valence-corrected chi connectivity index (χ3v) is 4.39. The molecule has 1 heterocycles. The highest BCUT2D eigenvalue weighted by molar-refractivity contribution is 7.89. The van der Waals surface area contributed by atoms with E-state index >= 15 is 0 Å². The summed E-state index contributed by atoms with van der Waals surface area (Å²) in [4.78, 5) is 0. The van der Waals surface area contributed by atoms with E-state index in [0.717, 1.165) is 18.7 Å². The maximum atomic E-state index is 11.7. The van der Waals surface area contributed by atoms with Crippen LogP contribution in [-0.2, 0) is 34.4 Å². The molecule has 1 aromatic carbocycles. The van der Waals surface area contributed by atoms with Crippen molar-refractivity contribution in [3.05, 3.63) is 34.9 Å². The summed E-state index contributed by atoms with van der Waals surface area (Å²) in [5, 5.41) is 3.27. The lowest BCUT2D eigenvalue weighted by Crippen LogP contribution is -2.28. The van der Waals surface area contributed by atoms with Crippen LogP contribution in [0.25, 0.3) is 0 Å². The van der Waals surface area contributed by atoms with E-state index in [0.29, 0.717) is 13.2 Å². The molecule has 0 spiro atoms. The van der Waals surface area contributed by atoms with E-state index in [1.807, 2.05) is 13.0 Å². The predicted octanol–water partition coefficient (Wildman–Crippen LogP) is 1.17. The van der Waals surface area contributed by atoms with Gasteiger partial charge in [0.15, 0.2) is 0 Å². The highest BCUT2D eigenvalue weighted by Crippen LogP contribution is 2.16. The number of ether oxygens (including phenoxy) is 1. The molecule has 0 bridgehead atoms. The third kappa shape index (κ3) is 5.03. The van der Waals surface area contributed by atoms with Crippen LogP contribution in [0.3, 0.4) is 0 Å². The largest absolute Gasteiger partial charge is 0.381 e. The fourth-order valence-electron chi connectivity index (χ4n) is 2.04. The first-order valence-corrected chi connectivity index (χ1v) is 8.12. The summed E-state index contributed by atoms with van der Waals surface area (Å²) in [5.74, 6) is 0.00728. The molecule has 0 amide bonds. The van der Waals surface area contributed by atoms with Crippen LogP contribution in [0.2, 0.25) is 0 Å². The standard InChI is InChI=1S/C13H20N2O3S.ClH/c1-2-18-5-6-19(16,17)15-8-11-3-4-12-9-14-10-13(12)7-11;/h3-4,7,14-15H,2,5-6,8-10H2,1H3;1H. The normalized spacial score (nSPS) is 13.8. The molecule has 0 aromatic heterocycles. The summed E-state index contributed by atoms with van der Waals surface area (Å²) < 4.78 is 31.1. The molecular formula is C13H21ClN2O3S. The van der Waals surface area contributed by atoms with Crippen LogP contribution in [0.1, 0.15) is 23.6 Å². The molecule has 0 saturated carbocycles. The van der Waals surface area contributed by atoms with Gasteiger partial charge in [-0.3, -0.25) is 0 Å². The van der Waals surface area contributed by atoms with Gasteiger partial charge in [-0.15, -0.1) is 12.4 Å².